The molecule has 1 fully saturated rings. The molecule has 1 aliphatic carbocycles. The maximum absolute atomic E-state index is 12.5. The van der Waals surface area contributed by atoms with Crippen molar-refractivity contribution >= 4 is 33.6 Å². The van der Waals surface area contributed by atoms with E-state index < -0.39 is 11.6 Å². The number of carbonyl (C=O) groups excluding carboxylic acids is 2. The van der Waals surface area contributed by atoms with Gasteiger partial charge in [0.25, 0.3) is 0 Å². The van der Waals surface area contributed by atoms with E-state index in [-0.39, 0.29) is 18.4 Å². The van der Waals surface area contributed by atoms with Crippen LogP contribution in [0, 0.1) is 11.3 Å². The van der Waals surface area contributed by atoms with Crippen LogP contribution in [0.1, 0.15) is 39.0 Å². The number of hydrogen-bond donors (Lipinski definition) is 2. The highest BCUT2D eigenvalue weighted by atomic mass is 79.9. The van der Waals surface area contributed by atoms with E-state index in [0.29, 0.717) is 18.7 Å². The lowest BCUT2D eigenvalue weighted by Gasteiger charge is -2.34. The summed E-state index contributed by atoms with van der Waals surface area (Å²) in [5, 5.41) is 15.1. The normalized spacial score (nSPS) is 17.2. The van der Waals surface area contributed by atoms with Crippen molar-refractivity contribution in [3.05, 3.63) is 22.8 Å². The minimum Gasteiger partial charge on any atom is -0.336 e. The van der Waals surface area contributed by atoms with Crippen LogP contribution in [0.2, 0.25) is 0 Å². The number of nitrogens with one attached hydrogen (secondary N) is 2. The lowest BCUT2D eigenvalue weighted by Crippen LogP contribution is -2.55. The maximum atomic E-state index is 12.5. The summed E-state index contributed by atoms with van der Waals surface area (Å²) in [6, 6.07) is 5.23. The Morgan fingerprint density at radius 2 is 2.08 bits per heavy atom. The molecule has 1 atom stereocenters. The minimum atomic E-state index is -0.770. The number of aromatic nitrogens is 1. The highest BCUT2D eigenvalue weighted by Gasteiger charge is 2.35. The average Bonchev–Trinajstić information content (AvgIpc) is 2.63. The molecule has 2 amide bonds. The Bertz CT molecular complexity index is 680. The van der Waals surface area contributed by atoms with Gasteiger partial charge in [-0.25, -0.2) is 4.98 Å². The fraction of sp³-hybridized carbons (Fsp3) is 0.556. The number of nitriles is 1. The van der Waals surface area contributed by atoms with Crippen molar-refractivity contribution in [2.45, 2.75) is 50.6 Å². The smallest absolute Gasteiger partial charge is 0.239 e. The van der Waals surface area contributed by atoms with Crippen LogP contribution >= 0.6 is 15.9 Å². The number of nitrogens with zero attached hydrogens (tertiary/aromatic N) is 3. The molecule has 26 heavy (non-hydrogen) atoms. The third-order valence-electron chi connectivity index (χ3n) is 4.71. The zero-order chi connectivity index (χ0) is 19.2. The lowest BCUT2D eigenvalue weighted by molar-refractivity contribution is -0.128. The van der Waals surface area contributed by atoms with Gasteiger partial charge in [-0.05, 0) is 54.9 Å². The minimum absolute atomic E-state index is 0.0475. The summed E-state index contributed by atoms with van der Waals surface area (Å²) >= 11 is 3.29. The average molecular weight is 422 g/mol. The van der Waals surface area contributed by atoms with Gasteiger partial charge in [0.15, 0.2) is 0 Å². The predicted molar refractivity (Wildman–Crippen MR) is 102 cm³/mol. The molecule has 8 heteroatoms. The largest absolute Gasteiger partial charge is 0.336 e. The van der Waals surface area contributed by atoms with E-state index in [1.165, 1.54) is 0 Å². The number of hydrogen-bond acceptors (Lipinski definition) is 5. The Labute approximate surface area is 162 Å². The van der Waals surface area contributed by atoms with E-state index in [1.807, 2.05) is 0 Å². The van der Waals surface area contributed by atoms with Gasteiger partial charge in [0.1, 0.15) is 11.4 Å². The van der Waals surface area contributed by atoms with Crippen LogP contribution in [-0.2, 0) is 9.59 Å². The van der Waals surface area contributed by atoms with Gasteiger partial charge in [-0.2, -0.15) is 5.26 Å². The molecule has 1 aromatic heterocycles. The lowest BCUT2D eigenvalue weighted by atomic mass is 9.82. The van der Waals surface area contributed by atoms with Crippen LogP contribution in [0.3, 0.4) is 0 Å². The van der Waals surface area contributed by atoms with Crippen LogP contribution in [-0.4, -0.2) is 46.9 Å². The molecule has 1 aliphatic rings. The van der Waals surface area contributed by atoms with Crippen molar-refractivity contribution in [3.63, 3.8) is 0 Å². The molecule has 1 aromatic rings. The fourth-order valence-corrected chi connectivity index (χ4v) is 3.19. The van der Waals surface area contributed by atoms with Gasteiger partial charge in [0, 0.05) is 10.7 Å². The molecule has 2 N–H and O–H groups in total. The Balaban J connectivity index is 1.88. The molecule has 0 bridgehead atoms. The van der Waals surface area contributed by atoms with Gasteiger partial charge in [-0.15, -0.1) is 0 Å². The van der Waals surface area contributed by atoms with Gasteiger partial charge in [0.05, 0.1) is 18.7 Å². The third-order valence-corrected chi connectivity index (χ3v) is 5.18. The molecule has 0 aliphatic heterocycles. The topological polar surface area (TPSA) is 98.1 Å². The molecule has 0 aromatic carbocycles. The first kappa shape index (κ1) is 20.3. The number of carbonyl (C=O) groups is 2. The molecular weight excluding hydrogens is 398 g/mol. The highest BCUT2D eigenvalue weighted by Crippen LogP contribution is 2.27. The number of rotatable bonds is 6. The first-order chi connectivity index (χ1) is 12.3. The van der Waals surface area contributed by atoms with Gasteiger partial charge in [0.2, 0.25) is 11.8 Å². The molecule has 2 rings (SSSR count). The van der Waals surface area contributed by atoms with E-state index in [4.69, 9.17) is 0 Å². The summed E-state index contributed by atoms with van der Waals surface area (Å²) in [4.78, 5) is 30.4. The molecule has 0 saturated heterocycles. The van der Waals surface area contributed by atoms with Crippen LogP contribution in [0.25, 0.3) is 0 Å². The monoisotopic (exact) mass is 421 g/mol. The number of amides is 2. The summed E-state index contributed by atoms with van der Waals surface area (Å²) in [6.45, 7) is 1.78. The van der Waals surface area contributed by atoms with Crippen molar-refractivity contribution in [2.75, 3.05) is 18.9 Å². The molecule has 1 unspecified atom stereocenters. The quantitative estimate of drug-likeness (QED) is 0.734. The van der Waals surface area contributed by atoms with Gasteiger partial charge >= 0.3 is 0 Å². The summed E-state index contributed by atoms with van der Waals surface area (Å²) in [7, 11) is 1.71. The first-order valence-corrected chi connectivity index (χ1v) is 9.49. The Hall–Kier alpha value is -1.98. The van der Waals surface area contributed by atoms with Gasteiger partial charge in [-0.1, -0.05) is 19.3 Å². The number of likely N-dealkylation sites (N-methyl/N-ethyl adjacent to an activating group) is 1. The Kier molecular flexibility index (Phi) is 7.12. The summed E-state index contributed by atoms with van der Waals surface area (Å²) in [6.07, 6.45) is 5.95. The van der Waals surface area contributed by atoms with Crippen molar-refractivity contribution < 1.29 is 9.59 Å². The second-order valence-corrected chi connectivity index (χ2v) is 7.66. The van der Waals surface area contributed by atoms with Crippen LogP contribution < -0.4 is 10.6 Å². The molecule has 140 valence electrons. The van der Waals surface area contributed by atoms with Gasteiger partial charge in [-0.3, -0.25) is 14.5 Å². The third kappa shape index (κ3) is 5.51. The molecule has 0 radical (unpaired) electrons. The summed E-state index contributed by atoms with van der Waals surface area (Å²) in [5.41, 5.74) is -0.770. The fourth-order valence-electron chi connectivity index (χ4n) is 2.96. The summed E-state index contributed by atoms with van der Waals surface area (Å²) in [5.74, 6) is -0.0329. The molecule has 7 nitrogen and oxygen atoms in total. The van der Waals surface area contributed by atoms with E-state index in [0.717, 1.165) is 23.7 Å². The van der Waals surface area contributed by atoms with Crippen LogP contribution in [0.4, 0.5) is 5.82 Å². The second kappa shape index (κ2) is 9.10. The van der Waals surface area contributed by atoms with E-state index in [9.17, 15) is 14.9 Å². The molecule has 1 heterocycles. The standard InChI is InChI=1S/C18H24BrN5O2/c1-13(17(26)23-18(12-20)8-4-3-5-9-18)24(2)11-16(25)22-15-7-6-14(19)10-21-15/h6-7,10,13H,3-5,8-9,11H2,1-2H3,(H,23,26)(H,21,22,25). The predicted octanol–water partition coefficient (Wildman–Crippen LogP) is 2.45. The number of halogens is 1. The van der Waals surface area contributed by atoms with Crippen LogP contribution in [0.15, 0.2) is 22.8 Å². The van der Waals surface area contributed by atoms with E-state index in [1.54, 1.807) is 37.2 Å². The molecule has 0 spiro atoms. The Morgan fingerprint density at radius 3 is 2.65 bits per heavy atom. The number of pyridine rings is 1. The summed E-state index contributed by atoms with van der Waals surface area (Å²) < 4.78 is 0.826. The zero-order valence-corrected chi connectivity index (χ0v) is 16.7. The van der Waals surface area contributed by atoms with E-state index in [2.05, 4.69) is 37.6 Å². The SMILES string of the molecule is CC(C(=O)NC1(C#N)CCCCC1)N(C)CC(=O)Nc1ccc(Br)cn1. The van der Waals surface area contributed by atoms with Crippen molar-refractivity contribution in [2.24, 2.45) is 0 Å². The molecular formula is C18H24BrN5O2. The van der Waals surface area contributed by atoms with E-state index >= 15 is 0 Å². The Morgan fingerprint density at radius 1 is 1.38 bits per heavy atom. The van der Waals surface area contributed by atoms with Crippen molar-refractivity contribution in [1.29, 1.82) is 5.26 Å². The zero-order valence-electron chi connectivity index (χ0n) is 15.1. The van der Waals surface area contributed by atoms with Crippen LogP contribution in [0.5, 0.6) is 0 Å². The molecule has 1 saturated carbocycles. The maximum Gasteiger partial charge on any atom is 0.239 e. The first-order valence-electron chi connectivity index (χ1n) is 8.70. The second-order valence-electron chi connectivity index (χ2n) is 6.74. The van der Waals surface area contributed by atoms with Gasteiger partial charge < -0.3 is 10.6 Å². The number of anilines is 1. The van der Waals surface area contributed by atoms with Crippen molar-refractivity contribution in [3.8, 4) is 6.07 Å². The highest BCUT2D eigenvalue weighted by molar-refractivity contribution is 9.10. The van der Waals surface area contributed by atoms with Crippen molar-refractivity contribution in [1.82, 2.24) is 15.2 Å².